The fourth-order valence-electron chi connectivity index (χ4n) is 2.75. The molecule has 3 rings (SSSR count). The molecule has 0 atom stereocenters. The minimum Gasteiger partial charge on any atom is -0.366 e. The van der Waals surface area contributed by atoms with Crippen molar-refractivity contribution in [1.29, 1.82) is 0 Å². The molecule has 2 heterocycles. The maximum absolute atomic E-state index is 11.9. The van der Waals surface area contributed by atoms with Gasteiger partial charge in [-0.2, -0.15) is 0 Å². The zero-order valence-corrected chi connectivity index (χ0v) is 12.9. The van der Waals surface area contributed by atoms with Crippen LogP contribution in [0.1, 0.15) is 35.0 Å². The molecule has 114 valence electrons. The van der Waals surface area contributed by atoms with Gasteiger partial charge < -0.3 is 10.2 Å². The zero-order chi connectivity index (χ0) is 15.4. The molecule has 0 aliphatic carbocycles. The summed E-state index contributed by atoms with van der Waals surface area (Å²) >= 11 is 0. The summed E-state index contributed by atoms with van der Waals surface area (Å²) in [6.07, 6.45) is 3.78. The number of nitrogens with zero attached hydrogens (tertiary/aromatic N) is 2. The Morgan fingerprint density at radius 1 is 1.23 bits per heavy atom. The molecular formula is C18H21N3O. The van der Waals surface area contributed by atoms with E-state index in [0.29, 0.717) is 12.2 Å². The van der Waals surface area contributed by atoms with Crippen molar-refractivity contribution >= 4 is 11.6 Å². The van der Waals surface area contributed by atoms with E-state index in [-0.39, 0.29) is 5.91 Å². The predicted molar refractivity (Wildman–Crippen MR) is 88.1 cm³/mol. The van der Waals surface area contributed by atoms with Crippen LogP contribution in [0.25, 0.3) is 0 Å². The van der Waals surface area contributed by atoms with Gasteiger partial charge in [-0.15, -0.1) is 0 Å². The van der Waals surface area contributed by atoms with Gasteiger partial charge in [0.25, 0.3) is 5.91 Å². The van der Waals surface area contributed by atoms with Crippen molar-refractivity contribution in [1.82, 2.24) is 10.3 Å². The molecule has 0 fully saturated rings. The highest BCUT2D eigenvalue weighted by atomic mass is 16.1. The van der Waals surface area contributed by atoms with Gasteiger partial charge in [0.2, 0.25) is 0 Å². The van der Waals surface area contributed by atoms with E-state index in [0.717, 1.165) is 31.6 Å². The quantitative estimate of drug-likeness (QED) is 0.943. The largest absolute Gasteiger partial charge is 0.366 e. The van der Waals surface area contributed by atoms with E-state index in [1.807, 2.05) is 13.0 Å². The summed E-state index contributed by atoms with van der Waals surface area (Å²) in [5.74, 6) is -0.0996. The summed E-state index contributed by atoms with van der Waals surface area (Å²) < 4.78 is 0. The summed E-state index contributed by atoms with van der Waals surface area (Å²) in [6, 6.07) is 12.4. The van der Waals surface area contributed by atoms with E-state index in [1.54, 1.807) is 12.3 Å². The van der Waals surface area contributed by atoms with Gasteiger partial charge in [0.05, 0.1) is 11.9 Å². The maximum Gasteiger partial charge on any atom is 0.269 e. The van der Waals surface area contributed by atoms with Gasteiger partial charge >= 0.3 is 0 Å². The van der Waals surface area contributed by atoms with Crippen LogP contribution < -0.4 is 10.2 Å². The molecule has 0 unspecified atom stereocenters. The monoisotopic (exact) mass is 295 g/mol. The first kappa shape index (κ1) is 14.6. The number of carbonyl (C=O) groups is 1. The molecule has 2 aromatic rings. The first-order valence-corrected chi connectivity index (χ1v) is 7.84. The van der Waals surface area contributed by atoms with E-state index in [4.69, 9.17) is 0 Å². The van der Waals surface area contributed by atoms with E-state index in [1.165, 1.54) is 11.1 Å². The third-order valence-corrected chi connectivity index (χ3v) is 4.01. The van der Waals surface area contributed by atoms with E-state index in [2.05, 4.69) is 39.5 Å². The van der Waals surface area contributed by atoms with Crippen molar-refractivity contribution in [2.45, 2.75) is 26.3 Å². The zero-order valence-electron chi connectivity index (χ0n) is 12.9. The van der Waals surface area contributed by atoms with Crippen LogP contribution in [0.15, 0.2) is 42.6 Å². The average molecular weight is 295 g/mol. The van der Waals surface area contributed by atoms with Gasteiger partial charge in [0, 0.05) is 19.6 Å². The third kappa shape index (κ3) is 3.11. The highest BCUT2D eigenvalue weighted by Crippen LogP contribution is 2.23. The molecule has 0 bridgehead atoms. The molecule has 1 amide bonds. The second kappa shape index (κ2) is 6.60. The number of aromatic nitrogens is 1. The maximum atomic E-state index is 11.9. The van der Waals surface area contributed by atoms with Gasteiger partial charge in [-0.1, -0.05) is 31.2 Å². The Labute approximate surface area is 131 Å². The number of nitrogens with one attached hydrogen (secondary N) is 1. The Balaban J connectivity index is 1.70. The number of carbonyl (C=O) groups excluding carboxylic acids is 1. The smallest absolute Gasteiger partial charge is 0.269 e. The molecule has 4 nitrogen and oxygen atoms in total. The van der Waals surface area contributed by atoms with E-state index >= 15 is 0 Å². The van der Waals surface area contributed by atoms with Gasteiger partial charge in [0.15, 0.2) is 0 Å². The Morgan fingerprint density at radius 3 is 2.77 bits per heavy atom. The topological polar surface area (TPSA) is 45.2 Å². The van der Waals surface area contributed by atoms with Crippen LogP contribution >= 0.6 is 0 Å². The highest BCUT2D eigenvalue weighted by Gasteiger charge is 2.16. The first-order valence-electron chi connectivity index (χ1n) is 7.84. The summed E-state index contributed by atoms with van der Waals surface area (Å²) in [7, 11) is 0. The van der Waals surface area contributed by atoms with Gasteiger partial charge in [-0.25, -0.2) is 4.98 Å². The number of amides is 1. The molecule has 22 heavy (non-hydrogen) atoms. The van der Waals surface area contributed by atoms with Crippen LogP contribution in [0.2, 0.25) is 0 Å². The van der Waals surface area contributed by atoms with Gasteiger partial charge in [0.1, 0.15) is 5.69 Å². The predicted octanol–water partition coefficient (Wildman–Crippen LogP) is 2.78. The number of benzene rings is 1. The molecule has 0 saturated heterocycles. The summed E-state index contributed by atoms with van der Waals surface area (Å²) in [4.78, 5) is 18.5. The SMILES string of the molecule is CCCNC(=O)c1ccc(N2CCc3ccccc3C2)cn1. The molecule has 4 heteroatoms. The summed E-state index contributed by atoms with van der Waals surface area (Å²) in [5, 5.41) is 2.85. The van der Waals surface area contributed by atoms with Crippen molar-refractivity contribution in [2.75, 3.05) is 18.0 Å². The van der Waals surface area contributed by atoms with Crippen molar-refractivity contribution < 1.29 is 4.79 Å². The Morgan fingerprint density at radius 2 is 2.05 bits per heavy atom. The van der Waals surface area contributed by atoms with E-state index < -0.39 is 0 Å². The number of hydrogen-bond donors (Lipinski definition) is 1. The van der Waals surface area contributed by atoms with Crippen molar-refractivity contribution in [2.24, 2.45) is 0 Å². The fourth-order valence-corrected chi connectivity index (χ4v) is 2.75. The van der Waals surface area contributed by atoms with Crippen molar-refractivity contribution in [3.8, 4) is 0 Å². The lowest BCUT2D eigenvalue weighted by Crippen LogP contribution is -2.30. The molecule has 0 spiro atoms. The lowest BCUT2D eigenvalue weighted by atomic mass is 10.00. The molecule has 1 N–H and O–H groups in total. The number of hydrogen-bond acceptors (Lipinski definition) is 3. The van der Waals surface area contributed by atoms with E-state index in [9.17, 15) is 4.79 Å². The molecular weight excluding hydrogens is 274 g/mol. The third-order valence-electron chi connectivity index (χ3n) is 4.01. The lowest BCUT2D eigenvalue weighted by Gasteiger charge is -2.30. The summed E-state index contributed by atoms with van der Waals surface area (Å²) in [5.41, 5.74) is 4.36. The molecule has 1 aromatic heterocycles. The standard InChI is InChI=1S/C18H21N3O/c1-2-10-19-18(22)17-8-7-16(12-20-17)21-11-9-14-5-3-4-6-15(14)13-21/h3-8,12H,2,9-11,13H2,1H3,(H,19,22). The van der Waals surface area contributed by atoms with Gasteiger partial charge in [-0.3, -0.25) is 4.79 Å². The minimum atomic E-state index is -0.0996. The Bertz CT molecular complexity index is 652. The van der Waals surface area contributed by atoms with Crippen LogP contribution in [-0.4, -0.2) is 24.0 Å². The van der Waals surface area contributed by atoms with Crippen LogP contribution in [0.4, 0.5) is 5.69 Å². The van der Waals surface area contributed by atoms with Gasteiger partial charge in [-0.05, 0) is 36.1 Å². The van der Waals surface area contributed by atoms with Crippen LogP contribution in [0.3, 0.4) is 0 Å². The number of rotatable bonds is 4. The normalized spacial score (nSPS) is 13.6. The van der Waals surface area contributed by atoms with Crippen molar-refractivity contribution in [3.05, 3.63) is 59.4 Å². The number of fused-ring (bicyclic) bond motifs is 1. The fraction of sp³-hybridized carbons (Fsp3) is 0.333. The summed E-state index contributed by atoms with van der Waals surface area (Å²) in [6.45, 7) is 4.61. The van der Waals surface area contributed by atoms with Crippen LogP contribution in [0.5, 0.6) is 0 Å². The number of pyridine rings is 1. The second-order valence-electron chi connectivity index (χ2n) is 5.60. The highest BCUT2D eigenvalue weighted by molar-refractivity contribution is 5.92. The lowest BCUT2D eigenvalue weighted by molar-refractivity contribution is 0.0948. The Hall–Kier alpha value is -2.36. The Kier molecular flexibility index (Phi) is 4.37. The average Bonchev–Trinajstić information content (AvgIpc) is 2.59. The number of anilines is 1. The molecule has 1 aromatic carbocycles. The van der Waals surface area contributed by atoms with Crippen LogP contribution in [-0.2, 0) is 13.0 Å². The molecule has 1 aliphatic heterocycles. The molecule has 1 aliphatic rings. The second-order valence-corrected chi connectivity index (χ2v) is 5.60. The van der Waals surface area contributed by atoms with Crippen LogP contribution in [0, 0.1) is 0 Å². The minimum absolute atomic E-state index is 0.0996. The molecule has 0 radical (unpaired) electrons. The first-order chi connectivity index (χ1) is 10.8. The van der Waals surface area contributed by atoms with Crippen molar-refractivity contribution in [3.63, 3.8) is 0 Å². The molecule has 0 saturated carbocycles.